The zero-order chi connectivity index (χ0) is 16.3. The molecule has 0 aliphatic carbocycles. The lowest BCUT2D eigenvalue weighted by molar-refractivity contribution is -0.114. The molecule has 0 spiro atoms. The fourth-order valence-corrected chi connectivity index (χ4v) is 2.27. The van der Waals surface area contributed by atoms with E-state index in [4.69, 9.17) is 0 Å². The lowest BCUT2D eigenvalue weighted by Crippen LogP contribution is -2.05. The molecule has 5 heteroatoms. The van der Waals surface area contributed by atoms with Gasteiger partial charge in [-0.3, -0.25) is 14.3 Å². The summed E-state index contributed by atoms with van der Waals surface area (Å²) in [5.41, 5.74) is 3.86. The van der Waals surface area contributed by atoms with E-state index >= 15 is 0 Å². The second kappa shape index (κ2) is 6.39. The molecule has 0 bridgehead atoms. The molecule has 0 aliphatic rings. The molecule has 1 N–H and O–H groups in total. The maximum atomic E-state index is 12.3. The van der Waals surface area contributed by atoms with Crippen molar-refractivity contribution in [3.63, 3.8) is 0 Å². The Morgan fingerprint density at radius 2 is 1.82 bits per heavy atom. The zero-order valence-electron chi connectivity index (χ0n) is 13.2. The number of amides is 1. The number of ketones is 1. The molecule has 0 saturated carbocycles. The number of carbonyl (C=O) groups excluding carboxylic acids is 2. The Bertz CT molecular complexity index is 740. The molecule has 2 rings (SSSR count). The van der Waals surface area contributed by atoms with Gasteiger partial charge in [0.1, 0.15) is 0 Å². The fraction of sp³-hybridized carbons (Fsp3) is 0.235. The number of aromatic nitrogens is 2. The van der Waals surface area contributed by atoms with E-state index in [2.05, 4.69) is 10.4 Å². The van der Waals surface area contributed by atoms with Gasteiger partial charge in [-0.05, 0) is 37.6 Å². The van der Waals surface area contributed by atoms with Gasteiger partial charge in [0.15, 0.2) is 5.78 Å². The van der Waals surface area contributed by atoms with Crippen molar-refractivity contribution in [3.8, 4) is 0 Å². The van der Waals surface area contributed by atoms with Crippen LogP contribution in [-0.4, -0.2) is 21.5 Å². The Balaban J connectivity index is 2.14. The predicted molar refractivity (Wildman–Crippen MR) is 86.8 cm³/mol. The number of nitrogens with zero attached hydrogens (tertiary/aromatic N) is 2. The van der Waals surface area contributed by atoms with Crippen molar-refractivity contribution in [3.05, 3.63) is 52.9 Å². The van der Waals surface area contributed by atoms with Crippen LogP contribution in [0.5, 0.6) is 0 Å². The van der Waals surface area contributed by atoms with E-state index in [1.165, 1.54) is 6.92 Å². The van der Waals surface area contributed by atoms with Crippen molar-refractivity contribution in [1.29, 1.82) is 0 Å². The van der Waals surface area contributed by atoms with Crippen LogP contribution in [0.3, 0.4) is 0 Å². The highest BCUT2D eigenvalue weighted by atomic mass is 16.1. The quantitative estimate of drug-likeness (QED) is 0.697. The van der Waals surface area contributed by atoms with Crippen molar-refractivity contribution in [2.75, 3.05) is 5.32 Å². The number of allylic oxidation sites excluding steroid dienone is 1. The maximum Gasteiger partial charge on any atom is 0.221 e. The van der Waals surface area contributed by atoms with Crippen LogP contribution in [0.2, 0.25) is 0 Å². The van der Waals surface area contributed by atoms with Crippen LogP contribution in [0.4, 0.5) is 5.69 Å². The smallest absolute Gasteiger partial charge is 0.221 e. The van der Waals surface area contributed by atoms with Crippen molar-refractivity contribution >= 4 is 23.5 Å². The Morgan fingerprint density at radius 3 is 2.32 bits per heavy atom. The molecule has 1 aromatic carbocycles. The first-order valence-electron chi connectivity index (χ1n) is 6.98. The third kappa shape index (κ3) is 3.49. The highest BCUT2D eigenvalue weighted by molar-refractivity contribution is 6.08. The summed E-state index contributed by atoms with van der Waals surface area (Å²) < 4.78 is 1.71. The van der Waals surface area contributed by atoms with E-state index in [0.717, 1.165) is 22.6 Å². The van der Waals surface area contributed by atoms with Crippen LogP contribution in [0.15, 0.2) is 30.3 Å². The summed E-state index contributed by atoms with van der Waals surface area (Å²) in [6, 6.07) is 7.29. The molecule has 0 fully saturated rings. The molecule has 0 atom stereocenters. The lowest BCUT2D eigenvalue weighted by Gasteiger charge is -2.01. The number of aryl methyl sites for hydroxylation is 2. The van der Waals surface area contributed by atoms with E-state index in [-0.39, 0.29) is 11.7 Å². The Kier molecular flexibility index (Phi) is 4.56. The molecular weight excluding hydrogens is 278 g/mol. The van der Waals surface area contributed by atoms with E-state index < -0.39 is 0 Å². The maximum absolute atomic E-state index is 12.3. The standard InChI is InChI=1S/C17H19N3O2/c1-11-17(12(2)20(4)19-11)16(22)10-7-14-5-8-15(9-6-14)18-13(3)21/h5-10H,1-4H3,(H,18,21). The number of benzene rings is 1. The Labute approximate surface area is 129 Å². The number of nitrogens with one attached hydrogen (secondary N) is 1. The summed E-state index contributed by atoms with van der Waals surface area (Å²) in [5.74, 6) is -0.171. The van der Waals surface area contributed by atoms with E-state index in [9.17, 15) is 9.59 Å². The van der Waals surface area contributed by atoms with Crippen molar-refractivity contribution in [2.45, 2.75) is 20.8 Å². The van der Waals surface area contributed by atoms with Gasteiger partial charge in [-0.15, -0.1) is 0 Å². The first kappa shape index (κ1) is 15.7. The minimum absolute atomic E-state index is 0.0611. The van der Waals surface area contributed by atoms with Gasteiger partial charge in [-0.25, -0.2) is 0 Å². The fourth-order valence-electron chi connectivity index (χ4n) is 2.27. The highest BCUT2D eigenvalue weighted by Crippen LogP contribution is 2.15. The van der Waals surface area contributed by atoms with Gasteiger partial charge in [0, 0.05) is 25.4 Å². The van der Waals surface area contributed by atoms with Gasteiger partial charge in [0.25, 0.3) is 0 Å². The topological polar surface area (TPSA) is 64.0 Å². The molecule has 1 heterocycles. The molecule has 114 valence electrons. The third-order valence-corrected chi connectivity index (χ3v) is 3.41. The van der Waals surface area contributed by atoms with Crippen LogP contribution in [0.25, 0.3) is 6.08 Å². The largest absolute Gasteiger partial charge is 0.326 e. The van der Waals surface area contributed by atoms with Crippen LogP contribution in [0.1, 0.15) is 34.2 Å². The molecule has 1 aromatic heterocycles. The van der Waals surface area contributed by atoms with Crippen LogP contribution >= 0.6 is 0 Å². The summed E-state index contributed by atoms with van der Waals surface area (Å²) in [7, 11) is 1.82. The second-order valence-corrected chi connectivity index (χ2v) is 5.17. The Morgan fingerprint density at radius 1 is 1.18 bits per heavy atom. The number of hydrogen-bond donors (Lipinski definition) is 1. The summed E-state index contributed by atoms with van der Waals surface area (Å²) in [4.78, 5) is 23.2. The third-order valence-electron chi connectivity index (χ3n) is 3.41. The number of anilines is 1. The normalized spacial score (nSPS) is 10.9. The van der Waals surface area contributed by atoms with Gasteiger partial charge in [0.05, 0.1) is 11.3 Å². The van der Waals surface area contributed by atoms with Gasteiger partial charge >= 0.3 is 0 Å². The molecular formula is C17H19N3O2. The SMILES string of the molecule is CC(=O)Nc1ccc(C=CC(=O)c2c(C)nn(C)c2C)cc1. The molecule has 0 radical (unpaired) electrons. The molecule has 22 heavy (non-hydrogen) atoms. The van der Waals surface area contributed by atoms with E-state index in [1.807, 2.05) is 33.0 Å². The van der Waals surface area contributed by atoms with Gasteiger partial charge in [0.2, 0.25) is 5.91 Å². The van der Waals surface area contributed by atoms with Gasteiger partial charge in [-0.2, -0.15) is 5.10 Å². The lowest BCUT2D eigenvalue weighted by atomic mass is 10.1. The predicted octanol–water partition coefficient (Wildman–Crippen LogP) is 2.89. The molecule has 0 saturated heterocycles. The molecule has 1 amide bonds. The van der Waals surface area contributed by atoms with E-state index in [0.29, 0.717) is 5.56 Å². The highest BCUT2D eigenvalue weighted by Gasteiger charge is 2.14. The average Bonchev–Trinajstić information content (AvgIpc) is 2.70. The molecule has 0 aliphatic heterocycles. The molecule has 5 nitrogen and oxygen atoms in total. The van der Waals surface area contributed by atoms with E-state index in [1.54, 1.807) is 29.0 Å². The zero-order valence-corrected chi connectivity index (χ0v) is 13.2. The number of carbonyl (C=O) groups is 2. The van der Waals surface area contributed by atoms with Crippen LogP contribution < -0.4 is 5.32 Å². The number of hydrogen-bond acceptors (Lipinski definition) is 3. The first-order valence-corrected chi connectivity index (χ1v) is 6.98. The Hall–Kier alpha value is -2.69. The summed E-state index contributed by atoms with van der Waals surface area (Å²) in [6.45, 7) is 5.17. The van der Waals surface area contributed by atoms with Crippen molar-refractivity contribution in [2.24, 2.45) is 7.05 Å². The minimum Gasteiger partial charge on any atom is -0.326 e. The van der Waals surface area contributed by atoms with Gasteiger partial charge in [-0.1, -0.05) is 18.2 Å². The first-order chi connectivity index (χ1) is 10.4. The van der Waals surface area contributed by atoms with Crippen molar-refractivity contribution in [1.82, 2.24) is 9.78 Å². The minimum atomic E-state index is -0.110. The average molecular weight is 297 g/mol. The van der Waals surface area contributed by atoms with Crippen LogP contribution in [0, 0.1) is 13.8 Å². The second-order valence-electron chi connectivity index (χ2n) is 5.17. The van der Waals surface area contributed by atoms with Gasteiger partial charge < -0.3 is 5.32 Å². The monoisotopic (exact) mass is 297 g/mol. The summed E-state index contributed by atoms with van der Waals surface area (Å²) in [6.07, 6.45) is 3.30. The summed E-state index contributed by atoms with van der Waals surface area (Å²) in [5, 5.41) is 6.95. The number of rotatable bonds is 4. The van der Waals surface area contributed by atoms with Crippen molar-refractivity contribution < 1.29 is 9.59 Å². The summed E-state index contributed by atoms with van der Waals surface area (Å²) >= 11 is 0. The molecule has 0 unspecified atom stereocenters. The van der Waals surface area contributed by atoms with Crippen LogP contribution in [-0.2, 0) is 11.8 Å². The molecule has 2 aromatic rings.